The van der Waals surface area contributed by atoms with Crippen LogP contribution in [0.15, 0.2) is 59.2 Å². The average Bonchev–Trinajstić information content (AvgIpc) is 3.63. The first-order chi connectivity index (χ1) is 25.9. The number of hydrogen-bond acceptors (Lipinski definition) is 10. The van der Waals surface area contributed by atoms with Crippen molar-refractivity contribution in [3.63, 3.8) is 0 Å². The van der Waals surface area contributed by atoms with Crippen molar-refractivity contribution in [2.45, 2.75) is 50.1 Å². The number of amides is 2. The number of nitrogens with one attached hydrogen (secondary N) is 1. The van der Waals surface area contributed by atoms with Crippen molar-refractivity contribution in [3.8, 4) is 17.0 Å². The number of hydrazine groups is 1. The van der Waals surface area contributed by atoms with E-state index in [1.54, 1.807) is 14.2 Å². The molecular weight excluding hydrogens is 750 g/mol. The fraction of sp³-hybridized carbons (Fsp3) is 0.429. The molecule has 5 rings (SSSR count). The van der Waals surface area contributed by atoms with Crippen molar-refractivity contribution < 1.29 is 54.2 Å². The molecule has 1 spiro atoms. The number of halogens is 8. The molecule has 3 aromatic rings. The third-order valence-electron chi connectivity index (χ3n) is 9.54. The van der Waals surface area contributed by atoms with Gasteiger partial charge in [-0.1, -0.05) is 18.9 Å². The predicted octanol–water partition coefficient (Wildman–Crippen LogP) is 6.58. The molecule has 0 radical (unpaired) electrons. The van der Waals surface area contributed by atoms with Gasteiger partial charge in [0.05, 0.1) is 35.6 Å². The number of aromatic nitrogens is 2. The zero-order valence-electron chi connectivity index (χ0n) is 29.7. The third-order valence-corrected chi connectivity index (χ3v) is 9.54. The smallest absolute Gasteiger partial charge is 0.433 e. The Balaban J connectivity index is 1.50. The molecule has 2 heterocycles. The first-order valence-corrected chi connectivity index (χ1v) is 16.8. The van der Waals surface area contributed by atoms with Crippen molar-refractivity contribution in [2.75, 3.05) is 52.8 Å². The van der Waals surface area contributed by atoms with Crippen molar-refractivity contribution in [1.29, 1.82) is 0 Å². The van der Waals surface area contributed by atoms with Crippen LogP contribution in [0.5, 0.6) is 5.75 Å². The minimum Gasteiger partial charge on any atom is -0.489 e. The summed E-state index contributed by atoms with van der Waals surface area (Å²) >= 11 is 0. The molecule has 20 heteroatoms. The third kappa shape index (κ3) is 8.60. The lowest BCUT2D eigenvalue weighted by atomic mass is 9.86. The highest BCUT2D eigenvalue weighted by Crippen LogP contribution is 2.47. The van der Waals surface area contributed by atoms with Crippen LogP contribution in [0.3, 0.4) is 0 Å². The Kier molecular flexibility index (Phi) is 12.2. The van der Waals surface area contributed by atoms with Crippen LogP contribution in [0.1, 0.15) is 42.5 Å². The molecule has 1 aromatic heterocycles. The van der Waals surface area contributed by atoms with E-state index in [9.17, 15) is 40.8 Å². The maximum Gasteiger partial charge on any atom is 0.433 e. The molecule has 1 saturated carbocycles. The number of anilines is 1. The largest absolute Gasteiger partial charge is 0.489 e. The molecule has 12 nitrogen and oxygen atoms in total. The van der Waals surface area contributed by atoms with Gasteiger partial charge < -0.3 is 19.7 Å². The van der Waals surface area contributed by atoms with Crippen LogP contribution in [-0.2, 0) is 33.2 Å². The van der Waals surface area contributed by atoms with Gasteiger partial charge in [0.2, 0.25) is 5.82 Å². The first kappa shape index (κ1) is 41.1. The van der Waals surface area contributed by atoms with Gasteiger partial charge >= 0.3 is 12.4 Å². The number of carbonyl (C=O) groups excluding carboxylic acids is 2. The number of alkyl halides is 6. The van der Waals surface area contributed by atoms with E-state index in [0.717, 1.165) is 11.1 Å². The molecule has 1 aliphatic heterocycles. The monoisotopic (exact) mass is 785 g/mol. The summed E-state index contributed by atoms with van der Waals surface area (Å²) in [5.74, 6) is -5.62. The van der Waals surface area contributed by atoms with Gasteiger partial charge in [-0.15, -0.1) is 4.91 Å². The number of benzene rings is 2. The van der Waals surface area contributed by atoms with Crippen molar-refractivity contribution >= 4 is 17.5 Å². The Morgan fingerprint density at radius 3 is 2.31 bits per heavy atom. The molecule has 55 heavy (non-hydrogen) atoms. The quantitative estimate of drug-likeness (QED) is 0.116. The van der Waals surface area contributed by atoms with Crippen LogP contribution in [0.25, 0.3) is 11.3 Å². The molecule has 2 aromatic carbocycles. The number of likely N-dealkylation sites (N-methyl/N-ethyl adjacent to an activating group) is 2. The van der Waals surface area contributed by atoms with Gasteiger partial charge in [-0.3, -0.25) is 14.6 Å². The molecule has 1 aliphatic carbocycles. The van der Waals surface area contributed by atoms with Gasteiger partial charge in [0, 0.05) is 38.4 Å². The molecule has 2 aliphatic rings. The number of nitrogens with zero attached hydrogens (tertiary/aromatic N) is 6. The number of methoxy groups -OCH3 is 1. The van der Waals surface area contributed by atoms with E-state index in [0.29, 0.717) is 57.1 Å². The van der Waals surface area contributed by atoms with Crippen molar-refractivity contribution in [1.82, 2.24) is 24.9 Å². The van der Waals surface area contributed by atoms with Crippen LogP contribution in [0, 0.1) is 16.5 Å². The Bertz CT molecular complexity index is 1970. The molecule has 0 unspecified atom stereocenters. The first-order valence-electron chi connectivity index (χ1n) is 16.8. The highest BCUT2D eigenvalue weighted by Gasteiger charge is 2.53. The minimum atomic E-state index is -5.01. The van der Waals surface area contributed by atoms with Crippen molar-refractivity contribution in [3.05, 3.63) is 87.4 Å². The summed E-state index contributed by atoms with van der Waals surface area (Å²) < 4.78 is 123. The van der Waals surface area contributed by atoms with Gasteiger partial charge in [-0.2, -0.15) is 30.7 Å². The average molecular weight is 786 g/mol. The van der Waals surface area contributed by atoms with Gasteiger partial charge in [0.15, 0.2) is 11.6 Å². The van der Waals surface area contributed by atoms with Gasteiger partial charge in [-0.05, 0) is 55.4 Å². The van der Waals surface area contributed by atoms with Gasteiger partial charge in [0.1, 0.15) is 29.9 Å². The summed E-state index contributed by atoms with van der Waals surface area (Å²) in [6.45, 7) is 0.758. The highest BCUT2D eigenvalue weighted by atomic mass is 19.4. The standard InChI is InChI=1S/C35H35F8N7O5/c1-48(12-14-54-3)13-15-55-25-9-6-20(28(36)29(25)37)18-50-32(52)27(30(47-53)33(49(50)2)10-4-5-11-33)31(51)46-23-8-7-21(34(38,39)40)16-22(23)24-17-26(35(41,42)43)45-19-44-24/h6-9,16-17,19H,4-5,10-15,18H2,1-3H3,(H,46,51). The maximum absolute atomic E-state index is 15.5. The molecular formula is C35H35F8N7O5. The Morgan fingerprint density at radius 2 is 1.67 bits per heavy atom. The van der Waals surface area contributed by atoms with E-state index in [4.69, 9.17) is 9.47 Å². The molecule has 0 bridgehead atoms. The Hall–Kier alpha value is -5.08. The summed E-state index contributed by atoms with van der Waals surface area (Å²) in [5.41, 5.74) is -7.63. The molecule has 0 saturated heterocycles. The number of carbonyl (C=O) groups is 2. The van der Waals surface area contributed by atoms with Crippen LogP contribution >= 0.6 is 0 Å². The molecule has 1 fully saturated rings. The van der Waals surface area contributed by atoms with Gasteiger partial charge in [0.25, 0.3) is 11.8 Å². The fourth-order valence-electron chi connectivity index (χ4n) is 6.54. The minimum absolute atomic E-state index is 0.0118. The normalized spacial score (nSPS) is 16.4. The lowest BCUT2D eigenvalue weighted by molar-refractivity contribution is -0.159. The zero-order chi connectivity index (χ0) is 40.3. The van der Waals surface area contributed by atoms with E-state index < -0.39 is 93.1 Å². The number of nitroso groups, excluding NO2 is 1. The fourth-order valence-corrected chi connectivity index (χ4v) is 6.54. The highest BCUT2D eigenvalue weighted by molar-refractivity contribution is 6.24. The molecule has 2 amide bonds. The summed E-state index contributed by atoms with van der Waals surface area (Å²) in [4.78, 5) is 49.3. The molecule has 296 valence electrons. The second-order valence-corrected chi connectivity index (χ2v) is 12.9. The van der Waals surface area contributed by atoms with E-state index >= 15 is 8.78 Å². The van der Waals surface area contributed by atoms with Crippen molar-refractivity contribution in [2.24, 2.45) is 5.18 Å². The van der Waals surface area contributed by atoms with Gasteiger partial charge in [-0.25, -0.2) is 19.4 Å². The van der Waals surface area contributed by atoms with E-state index in [1.807, 2.05) is 4.90 Å². The lowest BCUT2D eigenvalue weighted by Crippen LogP contribution is -2.61. The maximum atomic E-state index is 15.5. The van der Waals surface area contributed by atoms with Crippen LogP contribution in [0.4, 0.5) is 40.8 Å². The molecule has 0 atom stereocenters. The predicted molar refractivity (Wildman–Crippen MR) is 180 cm³/mol. The lowest BCUT2D eigenvalue weighted by Gasteiger charge is -2.48. The topological polar surface area (TPSA) is 130 Å². The number of hydrogen-bond donors (Lipinski definition) is 1. The summed E-state index contributed by atoms with van der Waals surface area (Å²) in [6.07, 6.45) is -8.09. The summed E-state index contributed by atoms with van der Waals surface area (Å²) in [7, 11) is 4.74. The van der Waals surface area contributed by atoms with E-state index in [2.05, 4.69) is 20.5 Å². The van der Waals surface area contributed by atoms with Crippen LogP contribution in [0.2, 0.25) is 0 Å². The molecule has 1 N–H and O–H groups in total. The Morgan fingerprint density at radius 1 is 0.982 bits per heavy atom. The van der Waals surface area contributed by atoms with Crippen LogP contribution in [-0.4, -0.2) is 89.7 Å². The second kappa shape index (κ2) is 16.3. The number of ether oxygens (including phenoxy) is 2. The summed E-state index contributed by atoms with van der Waals surface area (Å²) in [5, 5.41) is 7.56. The van der Waals surface area contributed by atoms with E-state index in [-0.39, 0.29) is 25.0 Å². The Labute approximate surface area is 309 Å². The zero-order valence-corrected chi connectivity index (χ0v) is 29.7. The van der Waals surface area contributed by atoms with Crippen LogP contribution < -0.4 is 10.1 Å². The SMILES string of the molecule is COCCN(C)CCOc1ccc(CN2C(=O)C(C(=O)Nc3ccc(C(F)(F)F)cc3-c3cc(C(F)(F)F)ncn3)=C(N=O)C3(CCCC3)N2C)c(F)c1F. The second-order valence-electron chi connectivity index (χ2n) is 12.9. The van der Waals surface area contributed by atoms with E-state index in [1.165, 1.54) is 24.2 Å². The summed E-state index contributed by atoms with van der Waals surface area (Å²) in [6, 6.07) is 4.49. The number of rotatable bonds is 13.